The summed E-state index contributed by atoms with van der Waals surface area (Å²) in [5.41, 5.74) is 0.774. The first kappa shape index (κ1) is 16.6. The molecule has 0 aliphatic carbocycles. The number of hydrogen-bond acceptors (Lipinski definition) is 9. The molecule has 1 aromatic carbocycles. The number of nitrogens with zero attached hydrogens (tertiary/aromatic N) is 5. The van der Waals surface area contributed by atoms with Crippen LogP contribution in [0.15, 0.2) is 51.5 Å². The molecule has 0 radical (unpaired) electrons. The van der Waals surface area contributed by atoms with Crippen molar-refractivity contribution in [3.8, 4) is 27.9 Å². The van der Waals surface area contributed by atoms with Gasteiger partial charge in [-0.15, -0.1) is 21.5 Å². The van der Waals surface area contributed by atoms with E-state index in [0.717, 1.165) is 10.4 Å². The van der Waals surface area contributed by atoms with E-state index >= 15 is 0 Å². The van der Waals surface area contributed by atoms with Crippen LogP contribution in [0.5, 0.6) is 5.75 Å². The molecule has 0 unspecified atom stereocenters. The number of thioether (sulfide) groups is 1. The first-order chi connectivity index (χ1) is 12.8. The highest BCUT2D eigenvalue weighted by molar-refractivity contribution is 7.98. The lowest BCUT2D eigenvalue weighted by atomic mass is 10.2. The summed E-state index contributed by atoms with van der Waals surface area (Å²) < 4.78 is 12.1. The smallest absolute Gasteiger partial charge is 0.268 e. The predicted octanol–water partition coefficient (Wildman–Crippen LogP) is 3.07. The van der Waals surface area contributed by atoms with Crippen LogP contribution in [0.25, 0.3) is 22.2 Å². The van der Waals surface area contributed by atoms with Crippen molar-refractivity contribution in [2.75, 3.05) is 13.0 Å². The van der Waals surface area contributed by atoms with Gasteiger partial charge in [0.25, 0.3) is 5.89 Å². The number of aromatic nitrogens is 5. The van der Waals surface area contributed by atoms with Gasteiger partial charge in [-0.3, -0.25) is 0 Å². The summed E-state index contributed by atoms with van der Waals surface area (Å²) in [5, 5.41) is 14.8. The zero-order chi connectivity index (χ0) is 17.9. The molecule has 3 heterocycles. The molecule has 3 aromatic heterocycles. The number of thiophene rings is 1. The van der Waals surface area contributed by atoms with Crippen LogP contribution in [-0.2, 0) is 5.75 Å². The van der Waals surface area contributed by atoms with Gasteiger partial charge in [0.1, 0.15) is 5.75 Å². The zero-order valence-electron chi connectivity index (χ0n) is 13.7. The molecule has 132 valence electrons. The second-order valence-electron chi connectivity index (χ2n) is 5.16. The topological polar surface area (TPSA) is 105 Å². The maximum Gasteiger partial charge on any atom is 0.268 e. The molecular formula is C16H14N6O2S2. The molecule has 26 heavy (non-hydrogen) atoms. The van der Waals surface area contributed by atoms with Crippen molar-refractivity contribution in [3.05, 3.63) is 47.6 Å². The predicted molar refractivity (Wildman–Crippen MR) is 99.3 cm³/mol. The molecule has 0 atom stereocenters. The van der Waals surface area contributed by atoms with E-state index in [9.17, 15) is 0 Å². The highest BCUT2D eigenvalue weighted by atomic mass is 32.2. The monoisotopic (exact) mass is 386 g/mol. The van der Waals surface area contributed by atoms with Gasteiger partial charge in [-0.25, -0.2) is 4.68 Å². The zero-order valence-corrected chi connectivity index (χ0v) is 15.3. The highest BCUT2D eigenvalue weighted by Crippen LogP contribution is 2.30. The van der Waals surface area contributed by atoms with E-state index < -0.39 is 0 Å². The van der Waals surface area contributed by atoms with Gasteiger partial charge in [0.15, 0.2) is 11.6 Å². The van der Waals surface area contributed by atoms with Gasteiger partial charge in [-0.1, -0.05) is 35.1 Å². The van der Waals surface area contributed by atoms with Gasteiger partial charge in [-0.05, 0) is 23.6 Å². The molecule has 0 aliphatic heterocycles. The fraction of sp³-hybridized carbons (Fsp3) is 0.125. The SMILES string of the molecule is COc1ccccc1-c1nnc(SCc2noc(-c3cccs3)n2)n1N. The quantitative estimate of drug-likeness (QED) is 0.398. The molecule has 10 heteroatoms. The van der Waals surface area contributed by atoms with Crippen molar-refractivity contribution >= 4 is 23.1 Å². The fourth-order valence-electron chi connectivity index (χ4n) is 2.33. The highest BCUT2D eigenvalue weighted by Gasteiger charge is 2.17. The van der Waals surface area contributed by atoms with Gasteiger partial charge in [0, 0.05) is 0 Å². The van der Waals surface area contributed by atoms with Gasteiger partial charge >= 0.3 is 0 Å². The van der Waals surface area contributed by atoms with Crippen LogP contribution in [-0.4, -0.2) is 32.1 Å². The molecule has 0 fully saturated rings. The van der Waals surface area contributed by atoms with Crippen molar-refractivity contribution in [1.29, 1.82) is 0 Å². The van der Waals surface area contributed by atoms with Gasteiger partial charge in [-0.2, -0.15) is 4.98 Å². The van der Waals surface area contributed by atoms with Crippen LogP contribution >= 0.6 is 23.1 Å². The van der Waals surface area contributed by atoms with Crippen LogP contribution in [0.3, 0.4) is 0 Å². The molecule has 4 rings (SSSR count). The molecule has 0 amide bonds. The van der Waals surface area contributed by atoms with E-state index in [0.29, 0.717) is 34.2 Å². The summed E-state index contributed by atoms with van der Waals surface area (Å²) in [5.74, 6) is 8.92. The summed E-state index contributed by atoms with van der Waals surface area (Å²) in [4.78, 5) is 5.32. The number of nitrogens with two attached hydrogens (primary N) is 1. The Labute approximate surface area is 157 Å². The summed E-state index contributed by atoms with van der Waals surface area (Å²) in [6.07, 6.45) is 0. The van der Waals surface area contributed by atoms with E-state index in [4.69, 9.17) is 15.1 Å². The molecule has 8 nitrogen and oxygen atoms in total. The van der Waals surface area contributed by atoms with Crippen LogP contribution in [0.1, 0.15) is 5.82 Å². The average molecular weight is 386 g/mol. The van der Waals surface area contributed by atoms with E-state index in [1.165, 1.54) is 16.4 Å². The van der Waals surface area contributed by atoms with Crippen molar-refractivity contribution in [1.82, 2.24) is 25.0 Å². The first-order valence-corrected chi connectivity index (χ1v) is 9.46. The lowest BCUT2D eigenvalue weighted by Crippen LogP contribution is -2.12. The van der Waals surface area contributed by atoms with Crippen molar-refractivity contribution in [2.24, 2.45) is 0 Å². The van der Waals surface area contributed by atoms with E-state index in [2.05, 4.69) is 20.3 Å². The normalized spacial score (nSPS) is 11.0. The molecule has 0 spiro atoms. The maximum absolute atomic E-state index is 6.16. The molecule has 4 aromatic rings. The second kappa shape index (κ2) is 7.18. The number of para-hydroxylation sites is 1. The Hall–Kier alpha value is -2.85. The maximum atomic E-state index is 6.16. The van der Waals surface area contributed by atoms with E-state index in [-0.39, 0.29) is 0 Å². The first-order valence-electron chi connectivity index (χ1n) is 7.59. The van der Waals surface area contributed by atoms with Crippen molar-refractivity contribution < 1.29 is 9.26 Å². The minimum absolute atomic E-state index is 0.468. The Balaban J connectivity index is 1.51. The third-order valence-corrected chi connectivity index (χ3v) is 5.34. The molecule has 0 bridgehead atoms. The van der Waals surface area contributed by atoms with Crippen LogP contribution in [0.4, 0.5) is 0 Å². The van der Waals surface area contributed by atoms with Gasteiger partial charge < -0.3 is 15.1 Å². The van der Waals surface area contributed by atoms with Crippen LogP contribution < -0.4 is 10.6 Å². The number of hydrogen-bond donors (Lipinski definition) is 1. The number of benzene rings is 1. The van der Waals surface area contributed by atoms with E-state index in [1.54, 1.807) is 18.4 Å². The van der Waals surface area contributed by atoms with Crippen LogP contribution in [0, 0.1) is 0 Å². The lowest BCUT2D eigenvalue weighted by Gasteiger charge is -2.07. The van der Waals surface area contributed by atoms with Gasteiger partial charge in [0.2, 0.25) is 5.16 Å². The Kier molecular flexibility index (Phi) is 4.59. The fourth-order valence-corrected chi connectivity index (χ4v) is 3.67. The lowest BCUT2D eigenvalue weighted by molar-refractivity contribution is 0.416. The third kappa shape index (κ3) is 3.16. The average Bonchev–Trinajstić information content (AvgIpc) is 3.41. The number of ether oxygens (including phenoxy) is 1. The number of methoxy groups -OCH3 is 1. The molecule has 0 saturated carbocycles. The summed E-state index contributed by atoms with van der Waals surface area (Å²) in [7, 11) is 1.60. The Morgan fingerprint density at radius 3 is 2.92 bits per heavy atom. The van der Waals surface area contributed by atoms with Crippen molar-refractivity contribution in [2.45, 2.75) is 10.9 Å². The Morgan fingerprint density at radius 1 is 1.23 bits per heavy atom. The Morgan fingerprint density at radius 2 is 2.12 bits per heavy atom. The van der Waals surface area contributed by atoms with E-state index in [1.807, 2.05) is 41.8 Å². The summed E-state index contributed by atoms with van der Waals surface area (Å²) in [6.45, 7) is 0. The minimum Gasteiger partial charge on any atom is -0.496 e. The van der Waals surface area contributed by atoms with Crippen LogP contribution in [0.2, 0.25) is 0 Å². The third-order valence-electron chi connectivity index (χ3n) is 3.54. The Bertz CT molecular complexity index is 1010. The minimum atomic E-state index is 0.468. The largest absolute Gasteiger partial charge is 0.496 e. The van der Waals surface area contributed by atoms with Crippen molar-refractivity contribution in [3.63, 3.8) is 0 Å². The standard InChI is InChI=1S/C16H14N6O2S2/c1-23-11-6-3-2-5-10(11)14-19-20-16(22(14)17)26-9-13-18-15(24-21-13)12-7-4-8-25-12/h2-8H,9,17H2,1H3. The number of rotatable bonds is 6. The molecular weight excluding hydrogens is 372 g/mol. The number of nitrogen functional groups attached to an aromatic ring is 1. The molecule has 0 aliphatic rings. The molecule has 2 N–H and O–H groups in total. The molecule has 0 saturated heterocycles. The summed E-state index contributed by atoms with van der Waals surface area (Å²) >= 11 is 2.93. The second-order valence-corrected chi connectivity index (χ2v) is 7.05. The van der Waals surface area contributed by atoms with Gasteiger partial charge in [0.05, 0.1) is 23.3 Å². The summed E-state index contributed by atoms with van der Waals surface area (Å²) in [6, 6.07) is 11.4.